The number of esters is 1. The molecule has 11 heteroatoms. The summed E-state index contributed by atoms with van der Waals surface area (Å²) in [6, 6.07) is 10.0. The predicted molar refractivity (Wildman–Crippen MR) is 123 cm³/mol. The van der Waals surface area contributed by atoms with E-state index in [1.807, 2.05) is 0 Å². The summed E-state index contributed by atoms with van der Waals surface area (Å²) in [6.45, 7) is 0.492. The molecule has 4 rings (SSSR count). The lowest BCUT2D eigenvalue weighted by Gasteiger charge is -2.30. The van der Waals surface area contributed by atoms with Crippen LogP contribution in [0.25, 0.3) is 0 Å². The first-order valence-electron chi connectivity index (χ1n) is 11.1. The number of anilines is 2. The van der Waals surface area contributed by atoms with Crippen LogP contribution in [0.3, 0.4) is 0 Å². The highest BCUT2D eigenvalue weighted by molar-refractivity contribution is 7.89. The second kappa shape index (κ2) is 10.3. The molecule has 0 atom stereocenters. The van der Waals surface area contributed by atoms with Crippen LogP contribution < -0.4 is 10.2 Å². The van der Waals surface area contributed by atoms with Gasteiger partial charge in [0.05, 0.1) is 17.3 Å². The number of sulfonamides is 1. The third kappa shape index (κ3) is 5.26. The van der Waals surface area contributed by atoms with Crippen molar-refractivity contribution in [2.45, 2.75) is 30.6 Å². The van der Waals surface area contributed by atoms with Crippen molar-refractivity contribution in [1.29, 1.82) is 0 Å². The molecule has 1 aromatic heterocycles. The van der Waals surface area contributed by atoms with Gasteiger partial charge >= 0.3 is 5.97 Å². The van der Waals surface area contributed by atoms with Gasteiger partial charge in [-0.3, -0.25) is 19.4 Å². The van der Waals surface area contributed by atoms with Crippen LogP contribution in [-0.4, -0.2) is 61.7 Å². The molecule has 2 aliphatic heterocycles. The summed E-state index contributed by atoms with van der Waals surface area (Å²) in [4.78, 5) is 42.5. The standard InChI is InChI=1S/C23H26N4O6S/c28-21(25-19-6-1-2-7-20(19)27-12-4-8-22(27)29)16-33-23(30)17-9-13-26(14-10-17)34(31,32)18-5-3-11-24-15-18/h1-3,5-7,11,15,17H,4,8-10,12-14,16H2,(H,25,28). The molecule has 2 amide bonds. The van der Waals surface area contributed by atoms with Gasteiger partial charge in [-0.25, -0.2) is 8.42 Å². The number of benzene rings is 1. The Balaban J connectivity index is 1.27. The summed E-state index contributed by atoms with van der Waals surface area (Å²) in [7, 11) is -3.66. The molecule has 34 heavy (non-hydrogen) atoms. The SMILES string of the molecule is O=C(COC(=O)C1CCN(S(=O)(=O)c2cccnc2)CC1)Nc1ccccc1N1CCCC1=O. The fraction of sp³-hybridized carbons (Fsp3) is 0.391. The predicted octanol–water partition coefficient (Wildman–Crippen LogP) is 1.79. The first-order chi connectivity index (χ1) is 16.4. The molecule has 0 aliphatic carbocycles. The monoisotopic (exact) mass is 486 g/mol. The van der Waals surface area contributed by atoms with Gasteiger partial charge in [-0.1, -0.05) is 12.1 Å². The van der Waals surface area contributed by atoms with Crippen molar-refractivity contribution in [3.05, 3.63) is 48.8 Å². The number of rotatable bonds is 7. The van der Waals surface area contributed by atoms with E-state index < -0.39 is 34.4 Å². The largest absolute Gasteiger partial charge is 0.455 e. The molecule has 0 bridgehead atoms. The van der Waals surface area contributed by atoms with E-state index in [1.54, 1.807) is 35.2 Å². The molecule has 1 aromatic carbocycles. The minimum Gasteiger partial charge on any atom is -0.455 e. The number of aromatic nitrogens is 1. The van der Waals surface area contributed by atoms with Gasteiger partial charge in [0, 0.05) is 38.4 Å². The zero-order valence-electron chi connectivity index (χ0n) is 18.6. The van der Waals surface area contributed by atoms with Crippen LogP contribution >= 0.6 is 0 Å². The molecule has 2 fully saturated rings. The number of nitrogens with zero attached hydrogens (tertiary/aromatic N) is 3. The van der Waals surface area contributed by atoms with Crippen LogP contribution in [-0.2, 0) is 29.1 Å². The van der Waals surface area contributed by atoms with Crippen molar-refractivity contribution in [2.24, 2.45) is 5.92 Å². The number of hydrogen-bond donors (Lipinski definition) is 1. The summed E-state index contributed by atoms with van der Waals surface area (Å²) in [5.74, 6) is -1.52. The highest BCUT2D eigenvalue weighted by Crippen LogP contribution is 2.29. The van der Waals surface area contributed by atoms with Gasteiger partial charge < -0.3 is 15.0 Å². The van der Waals surface area contributed by atoms with Crippen molar-refractivity contribution in [1.82, 2.24) is 9.29 Å². The van der Waals surface area contributed by atoms with Gasteiger partial charge in [-0.15, -0.1) is 0 Å². The molecular formula is C23H26N4O6S. The van der Waals surface area contributed by atoms with Gasteiger partial charge in [-0.2, -0.15) is 4.31 Å². The fourth-order valence-electron chi connectivity index (χ4n) is 4.14. The lowest BCUT2D eigenvalue weighted by Crippen LogP contribution is -2.41. The molecule has 2 aliphatic rings. The molecule has 3 heterocycles. The van der Waals surface area contributed by atoms with Gasteiger partial charge in [0.25, 0.3) is 5.91 Å². The normalized spacial score (nSPS) is 17.5. The lowest BCUT2D eigenvalue weighted by molar-refractivity contribution is -0.152. The van der Waals surface area contributed by atoms with Crippen LogP contribution in [0.1, 0.15) is 25.7 Å². The first kappa shape index (κ1) is 23.8. The summed E-state index contributed by atoms with van der Waals surface area (Å²) < 4.78 is 31.9. The maximum absolute atomic E-state index is 12.7. The molecule has 2 aromatic rings. The summed E-state index contributed by atoms with van der Waals surface area (Å²) in [5, 5.41) is 2.71. The van der Waals surface area contributed by atoms with E-state index in [0.717, 1.165) is 6.42 Å². The second-order valence-electron chi connectivity index (χ2n) is 8.19. The number of piperidine rings is 1. The van der Waals surface area contributed by atoms with Crippen LogP contribution in [0.15, 0.2) is 53.7 Å². The first-order valence-corrected chi connectivity index (χ1v) is 12.6. The van der Waals surface area contributed by atoms with E-state index in [-0.39, 0.29) is 23.9 Å². The van der Waals surface area contributed by atoms with Crippen molar-refractivity contribution in [3.8, 4) is 0 Å². The Morgan fingerprint density at radius 1 is 1.09 bits per heavy atom. The Labute approximate surface area is 198 Å². The van der Waals surface area contributed by atoms with Gasteiger partial charge in [0.2, 0.25) is 15.9 Å². The van der Waals surface area contributed by atoms with Crippen molar-refractivity contribution >= 4 is 39.2 Å². The number of hydrogen-bond acceptors (Lipinski definition) is 7. The maximum atomic E-state index is 12.7. The van der Waals surface area contributed by atoms with Crippen molar-refractivity contribution < 1.29 is 27.5 Å². The Kier molecular flexibility index (Phi) is 7.23. The molecule has 0 saturated carbocycles. The topological polar surface area (TPSA) is 126 Å². The second-order valence-corrected chi connectivity index (χ2v) is 10.1. The summed E-state index contributed by atoms with van der Waals surface area (Å²) >= 11 is 0. The quantitative estimate of drug-likeness (QED) is 0.591. The molecular weight excluding hydrogens is 460 g/mol. The lowest BCUT2D eigenvalue weighted by atomic mass is 9.98. The number of para-hydroxylation sites is 2. The van der Waals surface area contributed by atoms with Crippen LogP contribution in [0.5, 0.6) is 0 Å². The molecule has 10 nitrogen and oxygen atoms in total. The average Bonchev–Trinajstić information content (AvgIpc) is 3.29. The highest BCUT2D eigenvalue weighted by atomic mass is 32.2. The van der Waals surface area contributed by atoms with E-state index in [4.69, 9.17) is 4.74 Å². The van der Waals surface area contributed by atoms with E-state index in [9.17, 15) is 22.8 Å². The van der Waals surface area contributed by atoms with E-state index >= 15 is 0 Å². The number of carbonyl (C=O) groups excluding carboxylic acids is 3. The van der Waals surface area contributed by atoms with Crippen molar-refractivity contribution in [2.75, 3.05) is 36.5 Å². The number of pyridine rings is 1. The average molecular weight is 487 g/mol. The van der Waals surface area contributed by atoms with E-state index in [2.05, 4.69) is 10.3 Å². The minimum absolute atomic E-state index is 0.00464. The zero-order valence-corrected chi connectivity index (χ0v) is 19.4. The number of ether oxygens (including phenoxy) is 1. The smallest absolute Gasteiger partial charge is 0.309 e. The number of carbonyl (C=O) groups is 3. The minimum atomic E-state index is -3.66. The number of amides is 2. The number of nitrogens with one attached hydrogen (secondary N) is 1. The Hall–Kier alpha value is -3.31. The Morgan fingerprint density at radius 3 is 2.53 bits per heavy atom. The van der Waals surface area contributed by atoms with E-state index in [1.165, 1.54) is 22.8 Å². The molecule has 0 radical (unpaired) electrons. The molecule has 1 N–H and O–H groups in total. The highest BCUT2D eigenvalue weighted by Gasteiger charge is 2.33. The summed E-state index contributed by atoms with van der Waals surface area (Å²) in [5.41, 5.74) is 1.10. The maximum Gasteiger partial charge on any atom is 0.309 e. The Morgan fingerprint density at radius 2 is 1.85 bits per heavy atom. The third-order valence-electron chi connectivity index (χ3n) is 5.95. The fourth-order valence-corrected chi connectivity index (χ4v) is 5.57. The van der Waals surface area contributed by atoms with Gasteiger partial charge in [0.15, 0.2) is 6.61 Å². The third-order valence-corrected chi connectivity index (χ3v) is 7.83. The zero-order chi connectivity index (χ0) is 24.1. The van der Waals surface area contributed by atoms with Crippen LogP contribution in [0.4, 0.5) is 11.4 Å². The summed E-state index contributed by atoms with van der Waals surface area (Å²) in [6.07, 6.45) is 4.65. The van der Waals surface area contributed by atoms with E-state index in [0.29, 0.717) is 37.2 Å². The van der Waals surface area contributed by atoms with Gasteiger partial charge in [-0.05, 0) is 43.5 Å². The molecule has 0 spiro atoms. The Bertz CT molecular complexity index is 1160. The molecule has 180 valence electrons. The van der Waals surface area contributed by atoms with Crippen LogP contribution in [0, 0.1) is 5.92 Å². The molecule has 2 saturated heterocycles. The molecule has 0 unspecified atom stereocenters. The van der Waals surface area contributed by atoms with Crippen molar-refractivity contribution in [3.63, 3.8) is 0 Å². The van der Waals surface area contributed by atoms with Gasteiger partial charge in [0.1, 0.15) is 4.90 Å². The van der Waals surface area contributed by atoms with Crippen LogP contribution in [0.2, 0.25) is 0 Å².